The Bertz CT molecular complexity index is 669. The van der Waals surface area contributed by atoms with E-state index in [0.717, 1.165) is 16.9 Å². The molecular weight excluding hydrogens is 262 g/mol. The second-order valence-corrected chi connectivity index (χ2v) is 6.09. The normalized spacial score (nSPS) is 17.0. The maximum atomic E-state index is 12.2. The van der Waals surface area contributed by atoms with Crippen LogP contribution in [0.5, 0.6) is 0 Å². The second-order valence-electron chi connectivity index (χ2n) is 6.09. The van der Waals surface area contributed by atoms with Gasteiger partial charge in [-0.25, -0.2) is 4.98 Å². The van der Waals surface area contributed by atoms with Crippen molar-refractivity contribution in [3.8, 4) is 0 Å². The highest BCUT2D eigenvalue weighted by Gasteiger charge is 2.12. The Morgan fingerprint density at radius 3 is 2.76 bits per heavy atom. The van der Waals surface area contributed by atoms with Crippen molar-refractivity contribution in [2.45, 2.75) is 58.0 Å². The minimum atomic E-state index is 0.00127. The first-order chi connectivity index (χ1) is 10.2. The molecule has 1 saturated carbocycles. The summed E-state index contributed by atoms with van der Waals surface area (Å²) in [6.45, 7) is 2.66. The lowest BCUT2D eigenvalue weighted by Crippen LogP contribution is -2.29. The number of nitrogens with one attached hydrogen (secondary N) is 1. The predicted molar refractivity (Wildman–Crippen MR) is 84.5 cm³/mol. The van der Waals surface area contributed by atoms with Crippen molar-refractivity contribution in [3.63, 3.8) is 0 Å². The van der Waals surface area contributed by atoms with E-state index in [4.69, 9.17) is 0 Å². The number of hydrogen-bond acceptors (Lipinski definition) is 3. The Balaban J connectivity index is 1.75. The number of nitrogens with zero attached hydrogens (tertiary/aromatic N) is 2. The van der Waals surface area contributed by atoms with Crippen LogP contribution in [-0.4, -0.2) is 15.4 Å². The van der Waals surface area contributed by atoms with Gasteiger partial charge >= 0.3 is 0 Å². The van der Waals surface area contributed by atoms with E-state index in [1.165, 1.54) is 38.5 Å². The van der Waals surface area contributed by atoms with Gasteiger partial charge in [-0.1, -0.05) is 31.7 Å². The van der Waals surface area contributed by atoms with Crippen molar-refractivity contribution in [1.29, 1.82) is 0 Å². The van der Waals surface area contributed by atoms with E-state index < -0.39 is 0 Å². The molecule has 0 atom stereocenters. The summed E-state index contributed by atoms with van der Waals surface area (Å²) < 4.78 is 1.62. The summed E-state index contributed by atoms with van der Waals surface area (Å²) in [6, 6.07) is 6.12. The molecule has 2 heterocycles. The zero-order chi connectivity index (χ0) is 14.7. The summed E-state index contributed by atoms with van der Waals surface area (Å²) in [5.74, 6) is 0. The molecule has 0 unspecified atom stereocenters. The quantitative estimate of drug-likeness (QED) is 0.882. The molecule has 21 heavy (non-hydrogen) atoms. The van der Waals surface area contributed by atoms with Crippen molar-refractivity contribution in [1.82, 2.24) is 14.7 Å². The highest BCUT2D eigenvalue weighted by atomic mass is 16.1. The van der Waals surface area contributed by atoms with E-state index >= 15 is 0 Å². The summed E-state index contributed by atoms with van der Waals surface area (Å²) in [5.41, 5.74) is 2.64. The summed E-state index contributed by atoms with van der Waals surface area (Å²) in [7, 11) is 0. The molecule has 1 aliphatic rings. The maximum Gasteiger partial charge on any atom is 0.258 e. The first kappa shape index (κ1) is 14.3. The molecule has 2 aromatic rings. The summed E-state index contributed by atoms with van der Waals surface area (Å²) in [4.78, 5) is 16.7. The fourth-order valence-electron chi connectivity index (χ4n) is 3.08. The molecule has 0 saturated heterocycles. The molecule has 1 fully saturated rings. The number of rotatable bonds is 3. The molecule has 112 valence electrons. The van der Waals surface area contributed by atoms with Crippen molar-refractivity contribution in [2.75, 3.05) is 0 Å². The molecule has 0 aromatic carbocycles. The van der Waals surface area contributed by atoms with Crippen LogP contribution < -0.4 is 10.9 Å². The van der Waals surface area contributed by atoms with Crippen molar-refractivity contribution >= 4 is 5.65 Å². The highest BCUT2D eigenvalue weighted by Crippen LogP contribution is 2.17. The van der Waals surface area contributed by atoms with Gasteiger partial charge in [-0.15, -0.1) is 0 Å². The lowest BCUT2D eigenvalue weighted by atomic mass is 10.1. The van der Waals surface area contributed by atoms with Gasteiger partial charge in [-0.2, -0.15) is 0 Å². The molecule has 1 aliphatic carbocycles. The van der Waals surface area contributed by atoms with E-state index in [-0.39, 0.29) is 5.56 Å². The van der Waals surface area contributed by atoms with Crippen LogP contribution >= 0.6 is 0 Å². The van der Waals surface area contributed by atoms with Crippen molar-refractivity contribution < 1.29 is 0 Å². The molecule has 4 nitrogen and oxygen atoms in total. The average molecular weight is 285 g/mol. The third kappa shape index (κ3) is 3.50. The molecule has 0 amide bonds. The monoisotopic (exact) mass is 285 g/mol. The molecule has 4 heteroatoms. The van der Waals surface area contributed by atoms with Gasteiger partial charge in [0.15, 0.2) is 0 Å². The van der Waals surface area contributed by atoms with E-state index in [2.05, 4.69) is 10.3 Å². The molecule has 0 aliphatic heterocycles. The van der Waals surface area contributed by atoms with Gasteiger partial charge in [-0.05, 0) is 31.4 Å². The molecule has 0 bridgehead atoms. The zero-order valence-corrected chi connectivity index (χ0v) is 12.6. The average Bonchev–Trinajstić information content (AvgIpc) is 2.74. The standard InChI is InChI=1S/C17H23N3O/c1-13-8-9-16-19-15(10-17(21)20(16)12-13)11-18-14-6-4-2-3-5-7-14/h8-10,12,14,18H,2-7,11H2,1H3. The van der Waals surface area contributed by atoms with E-state index in [9.17, 15) is 4.79 Å². The molecule has 2 aromatic heterocycles. The smallest absolute Gasteiger partial charge is 0.258 e. The molecular formula is C17H23N3O. The summed E-state index contributed by atoms with van der Waals surface area (Å²) >= 11 is 0. The van der Waals surface area contributed by atoms with Crippen LogP contribution in [0.25, 0.3) is 5.65 Å². The van der Waals surface area contributed by atoms with Gasteiger partial charge in [0.25, 0.3) is 5.56 Å². The Hall–Kier alpha value is -1.68. The number of pyridine rings is 1. The second kappa shape index (κ2) is 6.39. The Morgan fingerprint density at radius 1 is 1.24 bits per heavy atom. The predicted octanol–water partition coefficient (Wildman–Crippen LogP) is 2.82. The van der Waals surface area contributed by atoms with Crippen LogP contribution in [-0.2, 0) is 6.54 Å². The number of aromatic nitrogens is 2. The van der Waals surface area contributed by atoms with Gasteiger partial charge in [0.2, 0.25) is 0 Å². The molecule has 3 rings (SSSR count). The van der Waals surface area contributed by atoms with E-state index in [0.29, 0.717) is 12.6 Å². The lowest BCUT2D eigenvalue weighted by Gasteiger charge is -2.15. The van der Waals surface area contributed by atoms with Crippen LogP contribution in [0, 0.1) is 6.92 Å². The Morgan fingerprint density at radius 2 is 2.00 bits per heavy atom. The minimum absolute atomic E-state index is 0.00127. The topological polar surface area (TPSA) is 46.4 Å². The van der Waals surface area contributed by atoms with Crippen LogP contribution in [0.1, 0.15) is 49.8 Å². The molecule has 1 N–H and O–H groups in total. The van der Waals surface area contributed by atoms with Crippen molar-refractivity contribution in [2.24, 2.45) is 0 Å². The van der Waals surface area contributed by atoms with Gasteiger partial charge < -0.3 is 5.32 Å². The third-order valence-corrected chi connectivity index (χ3v) is 4.29. The van der Waals surface area contributed by atoms with Crippen LogP contribution in [0.4, 0.5) is 0 Å². The van der Waals surface area contributed by atoms with E-state index in [1.54, 1.807) is 10.5 Å². The Labute approximate surface area is 125 Å². The third-order valence-electron chi connectivity index (χ3n) is 4.29. The van der Waals surface area contributed by atoms with Gasteiger partial charge in [0.05, 0.1) is 5.69 Å². The fraction of sp³-hybridized carbons (Fsp3) is 0.529. The Kier molecular flexibility index (Phi) is 4.34. The van der Waals surface area contributed by atoms with Crippen molar-refractivity contribution in [3.05, 3.63) is 46.0 Å². The number of fused-ring (bicyclic) bond motifs is 1. The molecule has 0 spiro atoms. The summed E-state index contributed by atoms with van der Waals surface area (Å²) in [5, 5.41) is 3.57. The summed E-state index contributed by atoms with van der Waals surface area (Å²) in [6.07, 6.45) is 9.65. The van der Waals surface area contributed by atoms with Gasteiger partial charge in [0, 0.05) is 24.8 Å². The van der Waals surface area contributed by atoms with Crippen LogP contribution in [0.15, 0.2) is 29.2 Å². The first-order valence-electron chi connectivity index (χ1n) is 7.95. The first-order valence-corrected chi connectivity index (χ1v) is 7.95. The lowest BCUT2D eigenvalue weighted by molar-refractivity contribution is 0.456. The minimum Gasteiger partial charge on any atom is -0.308 e. The SMILES string of the molecule is Cc1ccc2nc(CNC3CCCCCC3)cc(=O)n2c1. The van der Waals surface area contributed by atoms with Crippen LogP contribution in [0.2, 0.25) is 0 Å². The van der Waals surface area contributed by atoms with Gasteiger partial charge in [0.1, 0.15) is 5.65 Å². The highest BCUT2D eigenvalue weighted by molar-refractivity contribution is 5.39. The zero-order valence-electron chi connectivity index (χ0n) is 12.6. The van der Waals surface area contributed by atoms with E-state index in [1.807, 2.05) is 25.3 Å². The van der Waals surface area contributed by atoms with Gasteiger partial charge in [-0.3, -0.25) is 9.20 Å². The molecule has 0 radical (unpaired) electrons. The van der Waals surface area contributed by atoms with Crippen LogP contribution in [0.3, 0.4) is 0 Å². The largest absolute Gasteiger partial charge is 0.308 e. The maximum absolute atomic E-state index is 12.2. The number of aryl methyl sites for hydroxylation is 1. The number of hydrogen-bond donors (Lipinski definition) is 1. The fourth-order valence-corrected chi connectivity index (χ4v) is 3.08.